The van der Waals surface area contributed by atoms with Crippen molar-refractivity contribution in [2.75, 3.05) is 13.1 Å². The van der Waals surface area contributed by atoms with Crippen molar-refractivity contribution < 1.29 is 0 Å². The molecule has 0 aliphatic heterocycles. The Bertz CT molecular complexity index is 467. The minimum atomic E-state index is -0.662. The maximum absolute atomic E-state index is 6.09. The van der Waals surface area contributed by atoms with Crippen molar-refractivity contribution in [3.63, 3.8) is 0 Å². The average Bonchev–Trinajstić information content (AvgIpc) is 2.55. The van der Waals surface area contributed by atoms with E-state index in [0.29, 0.717) is 0 Å². The van der Waals surface area contributed by atoms with Gasteiger partial charge < -0.3 is 34.4 Å². The summed E-state index contributed by atoms with van der Waals surface area (Å²) in [6, 6.07) is 0. The smallest absolute Gasteiger partial charge is 0.0665 e. The molecular formula is C24H58N6. The third kappa shape index (κ3) is 8.71. The monoisotopic (exact) mass is 430 g/mol. The first-order valence-corrected chi connectivity index (χ1v) is 11.7. The minimum Gasteiger partial charge on any atom is -0.330 e. The molecule has 0 saturated carbocycles. The topological polar surface area (TPSA) is 156 Å². The Morgan fingerprint density at radius 3 is 1.00 bits per heavy atom. The molecule has 0 bridgehead atoms. The van der Waals surface area contributed by atoms with E-state index in [1.54, 1.807) is 0 Å². The lowest BCUT2D eigenvalue weighted by atomic mass is 9.60. The molecule has 0 atom stereocenters. The summed E-state index contributed by atoms with van der Waals surface area (Å²) in [5.41, 5.74) is 33.9. The summed E-state index contributed by atoms with van der Waals surface area (Å²) in [4.78, 5) is 0. The van der Waals surface area contributed by atoms with Gasteiger partial charge in [0.05, 0.1) is 11.3 Å². The van der Waals surface area contributed by atoms with Crippen molar-refractivity contribution in [2.45, 2.75) is 119 Å². The molecule has 6 heteroatoms. The van der Waals surface area contributed by atoms with E-state index in [4.69, 9.17) is 34.4 Å². The number of unbranched alkanes of at least 4 members (excludes halogenated alkanes) is 2. The van der Waals surface area contributed by atoms with Gasteiger partial charge in [-0.25, -0.2) is 0 Å². The fraction of sp³-hybridized carbons (Fsp3) is 1.00. The predicted octanol–water partition coefficient (Wildman–Crippen LogP) is 3.60. The Morgan fingerprint density at radius 1 is 0.433 bits per heavy atom. The van der Waals surface area contributed by atoms with E-state index >= 15 is 0 Å². The molecule has 0 amide bonds. The van der Waals surface area contributed by atoms with Crippen molar-refractivity contribution in [3.05, 3.63) is 0 Å². The van der Waals surface area contributed by atoms with Crippen LogP contribution in [0.5, 0.6) is 0 Å². The summed E-state index contributed by atoms with van der Waals surface area (Å²) in [6.07, 6.45) is 6.72. The molecule has 0 aliphatic carbocycles. The van der Waals surface area contributed by atoms with E-state index < -0.39 is 11.3 Å². The lowest BCUT2D eigenvalue weighted by Gasteiger charge is -2.50. The van der Waals surface area contributed by atoms with Crippen LogP contribution >= 0.6 is 0 Å². The van der Waals surface area contributed by atoms with E-state index in [0.717, 1.165) is 38.8 Å². The Morgan fingerprint density at radius 2 is 0.733 bits per heavy atom. The molecule has 30 heavy (non-hydrogen) atoms. The van der Waals surface area contributed by atoms with Crippen molar-refractivity contribution in [1.82, 2.24) is 0 Å². The van der Waals surface area contributed by atoms with Gasteiger partial charge in [-0.15, -0.1) is 0 Å². The SMILES string of the molecule is CC(N)(N)C(C)(C)C(C)(C)CCCCCN.CC(N)(N)C(C)(C)C(C)(C)CCCN. The van der Waals surface area contributed by atoms with E-state index in [1.807, 2.05) is 13.8 Å². The largest absolute Gasteiger partial charge is 0.330 e. The fourth-order valence-corrected chi connectivity index (χ4v) is 3.52. The maximum atomic E-state index is 6.09. The van der Waals surface area contributed by atoms with Gasteiger partial charge in [-0.05, 0) is 63.5 Å². The highest BCUT2D eigenvalue weighted by atomic mass is 15.0. The molecule has 0 rings (SSSR count). The highest BCUT2D eigenvalue weighted by Crippen LogP contribution is 2.47. The molecule has 0 aromatic heterocycles. The second-order valence-corrected chi connectivity index (χ2v) is 12.1. The van der Waals surface area contributed by atoms with Gasteiger partial charge in [0, 0.05) is 10.8 Å². The van der Waals surface area contributed by atoms with Gasteiger partial charge >= 0.3 is 0 Å². The average molecular weight is 431 g/mol. The van der Waals surface area contributed by atoms with Crippen LogP contribution in [-0.2, 0) is 0 Å². The lowest BCUT2D eigenvalue weighted by Crippen LogP contribution is -2.62. The van der Waals surface area contributed by atoms with Crippen LogP contribution in [0, 0.1) is 21.7 Å². The molecule has 0 fully saturated rings. The molecule has 0 aromatic carbocycles. The molecule has 0 radical (unpaired) electrons. The molecule has 0 unspecified atom stereocenters. The summed E-state index contributed by atoms with van der Waals surface area (Å²) >= 11 is 0. The molecule has 6 nitrogen and oxygen atoms in total. The van der Waals surface area contributed by atoms with Crippen LogP contribution in [0.3, 0.4) is 0 Å². The number of hydrogen-bond acceptors (Lipinski definition) is 6. The van der Waals surface area contributed by atoms with E-state index in [2.05, 4.69) is 55.4 Å². The van der Waals surface area contributed by atoms with Gasteiger partial charge in [-0.1, -0.05) is 68.2 Å². The highest BCUT2D eigenvalue weighted by molar-refractivity contribution is 4.99. The molecule has 0 saturated heterocycles. The van der Waals surface area contributed by atoms with Crippen molar-refractivity contribution in [3.8, 4) is 0 Å². The quantitative estimate of drug-likeness (QED) is 0.205. The van der Waals surface area contributed by atoms with E-state index in [-0.39, 0.29) is 21.7 Å². The Balaban J connectivity index is 0. The summed E-state index contributed by atoms with van der Waals surface area (Å²) in [5.74, 6) is 0. The molecular weight excluding hydrogens is 372 g/mol. The van der Waals surface area contributed by atoms with Crippen LogP contribution in [0.1, 0.15) is 108 Å². The number of rotatable bonds is 12. The Labute approximate surface area is 188 Å². The van der Waals surface area contributed by atoms with Gasteiger partial charge in [-0.2, -0.15) is 0 Å². The molecule has 0 aliphatic rings. The van der Waals surface area contributed by atoms with Crippen LogP contribution in [0.2, 0.25) is 0 Å². The minimum absolute atomic E-state index is 0.0945. The molecule has 12 N–H and O–H groups in total. The Hall–Kier alpha value is -0.240. The van der Waals surface area contributed by atoms with Gasteiger partial charge in [0.15, 0.2) is 0 Å². The summed E-state index contributed by atoms with van der Waals surface area (Å²) < 4.78 is 0. The zero-order chi connectivity index (χ0) is 24.7. The molecule has 0 heterocycles. The summed E-state index contributed by atoms with van der Waals surface area (Å²) in [7, 11) is 0. The zero-order valence-corrected chi connectivity index (χ0v) is 22.1. The van der Waals surface area contributed by atoms with Crippen molar-refractivity contribution >= 4 is 0 Å². The molecule has 184 valence electrons. The third-order valence-electron chi connectivity index (χ3n) is 8.59. The van der Waals surface area contributed by atoms with Crippen molar-refractivity contribution in [1.29, 1.82) is 0 Å². The van der Waals surface area contributed by atoms with Crippen LogP contribution in [0.15, 0.2) is 0 Å². The highest BCUT2D eigenvalue weighted by Gasteiger charge is 2.46. The van der Waals surface area contributed by atoms with Crippen LogP contribution in [-0.4, -0.2) is 24.4 Å². The molecule has 0 spiro atoms. The summed E-state index contributed by atoms with van der Waals surface area (Å²) in [6.45, 7) is 22.8. The first-order valence-electron chi connectivity index (χ1n) is 11.7. The first-order chi connectivity index (χ1) is 13.1. The van der Waals surface area contributed by atoms with Crippen LogP contribution < -0.4 is 34.4 Å². The van der Waals surface area contributed by atoms with Crippen molar-refractivity contribution in [2.24, 2.45) is 56.1 Å². The second-order valence-electron chi connectivity index (χ2n) is 12.1. The Kier molecular flexibility index (Phi) is 12.3. The van der Waals surface area contributed by atoms with Gasteiger partial charge in [0.2, 0.25) is 0 Å². The van der Waals surface area contributed by atoms with Crippen LogP contribution in [0.4, 0.5) is 0 Å². The van der Waals surface area contributed by atoms with E-state index in [9.17, 15) is 0 Å². The first kappa shape index (κ1) is 31.9. The number of hydrogen-bond donors (Lipinski definition) is 6. The zero-order valence-electron chi connectivity index (χ0n) is 22.1. The lowest BCUT2D eigenvalue weighted by molar-refractivity contribution is 0.0198. The van der Waals surface area contributed by atoms with Crippen LogP contribution in [0.25, 0.3) is 0 Å². The van der Waals surface area contributed by atoms with E-state index in [1.165, 1.54) is 12.8 Å². The maximum Gasteiger partial charge on any atom is 0.0665 e. The standard InChI is InChI=1S/C13H31N3.C11H27N3/c1-11(2,9-7-6-8-10-14)12(3,4)13(5,15)16;1-9(2,7-6-8-12)10(3,4)11(5,13)14/h6-10,14-16H2,1-5H3;6-8,12-14H2,1-5H3. The van der Waals surface area contributed by atoms with Gasteiger partial charge in [-0.3, -0.25) is 0 Å². The van der Waals surface area contributed by atoms with Gasteiger partial charge in [0.25, 0.3) is 0 Å². The normalized spacial score (nSPS) is 14.4. The second kappa shape index (κ2) is 11.6. The summed E-state index contributed by atoms with van der Waals surface area (Å²) in [5, 5.41) is 0. The molecule has 0 aromatic rings. The fourth-order valence-electron chi connectivity index (χ4n) is 3.52. The van der Waals surface area contributed by atoms with Gasteiger partial charge in [0.1, 0.15) is 0 Å². The predicted molar refractivity (Wildman–Crippen MR) is 134 cm³/mol. The number of nitrogens with two attached hydrogens (primary N) is 6. The third-order valence-corrected chi connectivity index (χ3v) is 8.59.